The van der Waals surface area contributed by atoms with Crippen LogP contribution >= 0.6 is 11.6 Å². The highest BCUT2D eigenvalue weighted by atomic mass is 35.5. The number of nitrogens with one attached hydrogen (secondary N) is 1. The molecular formula is C11H7ClFN3O2. The summed E-state index contributed by atoms with van der Waals surface area (Å²) in [5, 5.41) is 11.4. The number of amides is 1. The van der Waals surface area contributed by atoms with Crippen molar-refractivity contribution >= 4 is 23.3 Å². The normalized spacial score (nSPS) is 10.1. The number of nitrogens with zero attached hydrogens (tertiary/aromatic N) is 2. The quantitative estimate of drug-likeness (QED) is 0.818. The number of aromatic nitrogens is 2. The molecule has 1 aromatic carbocycles. The van der Waals surface area contributed by atoms with Crippen molar-refractivity contribution < 1.29 is 14.3 Å². The van der Waals surface area contributed by atoms with Gasteiger partial charge in [0.15, 0.2) is 0 Å². The molecule has 1 heterocycles. The summed E-state index contributed by atoms with van der Waals surface area (Å²) in [5.74, 6) is -1.61. The Morgan fingerprint density at radius 3 is 2.83 bits per heavy atom. The van der Waals surface area contributed by atoms with Gasteiger partial charge in [-0.3, -0.25) is 4.79 Å². The molecule has 0 saturated carbocycles. The molecule has 2 rings (SSSR count). The van der Waals surface area contributed by atoms with Crippen molar-refractivity contribution in [1.29, 1.82) is 0 Å². The molecule has 0 atom stereocenters. The van der Waals surface area contributed by atoms with Gasteiger partial charge in [-0.05, 0) is 29.8 Å². The molecule has 0 bridgehead atoms. The van der Waals surface area contributed by atoms with Gasteiger partial charge in [0.05, 0.1) is 5.56 Å². The van der Waals surface area contributed by atoms with Gasteiger partial charge >= 0.3 is 0 Å². The van der Waals surface area contributed by atoms with Crippen LogP contribution in [-0.4, -0.2) is 21.0 Å². The van der Waals surface area contributed by atoms with E-state index in [1.54, 1.807) is 0 Å². The van der Waals surface area contributed by atoms with Gasteiger partial charge in [-0.25, -0.2) is 14.4 Å². The second-order valence-corrected chi connectivity index (χ2v) is 3.67. The summed E-state index contributed by atoms with van der Waals surface area (Å²) in [7, 11) is 0. The summed E-state index contributed by atoms with van der Waals surface area (Å²) < 4.78 is 13.4. The van der Waals surface area contributed by atoms with Crippen LogP contribution in [0.3, 0.4) is 0 Å². The van der Waals surface area contributed by atoms with E-state index in [9.17, 15) is 9.18 Å². The van der Waals surface area contributed by atoms with E-state index in [4.69, 9.17) is 16.7 Å². The number of rotatable bonds is 2. The highest BCUT2D eigenvalue weighted by molar-refractivity contribution is 6.28. The number of carbonyl (C=O) groups is 1. The number of carbonyl (C=O) groups excluding carboxylic acids is 1. The maximum absolute atomic E-state index is 13.4. The van der Waals surface area contributed by atoms with Crippen LogP contribution in [-0.2, 0) is 0 Å². The fourth-order valence-electron chi connectivity index (χ4n) is 1.28. The molecule has 0 aliphatic heterocycles. The van der Waals surface area contributed by atoms with Crippen molar-refractivity contribution in [2.45, 2.75) is 0 Å². The average Bonchev–Trinajstić information content (AvgIpc) is 2.28. The largest absolute Gasteiger partial charge is 0.508 e. The first kappa shape index (κ1) is 12.3. The van der Waals surface area contributed by atoms with Gasteiger partial charge in [-0.1, -0.05) is 0 Å². The maximum atomic E-state index is 13.4. The third-order valence-corrected chi connectivity index (χ3v) is 2.25. The maximum Gasteiger partial charge on any atom is 0.259 e. The third-order valence-electron chi connectivity index (χ3n) is 2.07. The molecule has 0 aliphatic carbocycles. The standard InChI is InChI=1S/C11H7ClFN3O2/c12-11-14-4-3-9(16-11)15-10(18)7-2-1-6(17)5-8(7)13/h1-5,17H,(H,14,15,16,18). The van der Waals surface area contributed by atoms with Gasteiger partial charge in [0.25, 0.3) is 5.91 Å². The van der Waals surface area contributed by atoms with Crippen LogP contribution in [0.5, 0.6) is 5.75 Å². The first-order valence-electron chi connectivity index (χ1n) is 4.84. The van der Waals surface area contributed by atoms with Gasteiger partial charge in [0, 0.05) is 12.3 Å². The lowest BCUT2D eigenvalue weighted by molar-refractivity contribution is 0.102. The number of hydrogen-bond acceptors (Lipinski definition) is 4. The molecule has 1 amide bonds. The van der Waals surface area contributed by atoms with Gasteiger partial charge < -0.3 is 10.4 Å². The molecule has 7 heteroatoms. The summed E-state index contributed by atoms with van der Waals surface area (Å²) in [6.45, 7) is 0. The fraction of sp³-hybridized carbons (Fsp3) is 0. The van der Waals surface area contributed by atoms with Crippen LogP contribution in [0.25, 0.3) is 0 Å². The minimum Gasteiger partial charge on any atom is -0.508 e. The number of phenolic OH excluding ortho intramolecular Hbond substituents is 1. The fourth-order valence-corrected chi connectivity index (χ4v) is 1.42. The first-order valence-corrected chi connectivity index (χ1v) is 5.22. The molecule has 0 unspecified atom stereocenters. The summed E-state index contributed by atoms with van der Waals surface area (Å²) in [4.78, 5) is 19.1. The topological polar surface area (TPSA) is 75.1 Å². The monoisotopic (exact) mass is 267 g/mol. The Morgan fingerprint density at radius 1 is 1.39 bits per heavy atom. The molecule has 0 radical (unpaired) electrons. The molecule has 1 aromatic heterocycles. The lowest BCUT2D eigenvalue weighted by atomic mass is 10.2. The van der Waals surface area contributed by atoms with Crippen molar-refractivity contribution in [1.82, 2.24) is 9.97 Å². The molecule has 0 saturated heterocycles. The van der Waals surface area contributed by atoms with Crippen molar-refractivity contribution in [3.8, 4) is 5.75 Å². The van der Waals surface area contributed by atoms with Gasteiger partial charge in [0.2, 0.25) is 5.28 Å². The van der Waals surface area contributed by atoms with Crippen LogP contribution < -0.4 is 5.32 Å². The van der Waals surface area contributed by atoms with E-state index < -0.39 is 11.7 Å². The minimum absolute atomic E-state index is 0.0287. The van der Waals surface area contributed by atoms with E-state index in [2.05, 4.69) is 15.3 Å². The second kappa shape index (κ2) is 4.97. The number of phenols is 1. The van der Waals surface area contributed by atoms with Gasteiger partial charge in [-0.15, -0.1) is 0 Å². The molecule has 0 fully saturated rings. The summed E-state index contributed by atoms with van der Waals surface area (Å²) >= 11 is 5.55. The van der Waals surface area contributed by atoms with E-state index in [1.807, 2.05) is 0 Å². The zero-order chi connectivity index (χ0) is 13.1. The van der Waals surface area contributed by atoms with Crippen LogP contribution in [0.4, 0.5) is 10.2 Å². The van der Waals surface area contributed by atoms with E-state index in [-0.39, 0.29) is 22.4 Å². The Morgan fingerprint density at radius 2 is 2.17 bits per heavy atom. The lowest BCUT2D eigenvalue weighted by Crippen LogP contribution is -2.14. The van der Waals surface area contributed by atoms with Crippen molar-refractivity contribution in [3.63, 3.8) is 0 Å². The highest BCUT2D eigenvalue weighted by Crippen LogP contribution is 2.16. The van der Waals surface area contributed by atoms with Crippen molar-refractivity contribution in [2.24, 2.45) is 0 Å². The Balaban J connectivity index is 2.22. The van der Waals surface area contributed by atoms with E-state index in [1.165, 1.54) is 24.4 Å². The van der Waals surface area contributed by atoms with Crippen LogP contribution in [0.1, 0.15) is 10.4 Å². The molecule has 18 heavy (non-hydrogen) atoms. The van der Waals surface area contributed by atoms with E-state index in [0.717, 1.165) is 6.07 Å². The Bertz CT molecular complexity index is 607. The van der Waals surface area contributed by atoms with Gasteiger partial charge in [0.1, 0.15) is 17.4 Å². The Kier molecular flexibility index (Phi) is 3.38. The van der Waals surface area contributed by atoms with Crippen LogP contribution in [0, 0.1) is 5.82 Å². The number of hydrogen-bond donors (Lipinski definition) is 2. The van der Waals surface area contributed by atoms with Gasteiger partial charge in [-0.2, -0.15) is 0 Å². The molecule has 92 valence electrons. The third kappa shape index (κ3) is 2.72. The summed E-state index contributed by atoms with van der Waals surface area (Å²) in [5.41, 5.74) is -0.206. The van der Waals surface area contributed by atoms with E-state index in [0.29, 0.717) is 0 Å². The Labute approximate surface area is 106 Å². The number of anilines is 1. The first-order chi connectivity index (χ1) is 8.56. The number of halogens is 2. The number of benzene rings is 1. The molecule has 0 spiro atoms. The number of aromatic hydroxyl groups is 1. The second-order valence-electron chi connectivity index (χ2n) is 3.33. The minimum atomic E-state index is -0.826. The average molecular weight is 268 g/mol. The molecule has 0 aliphatic rings. The molecule has 2 N–H and O–H groups in total. The zero-order valence-corrected chi connectivity index (χ0v) is 9.65. The molecular weight excluding hydrogens is 261 g/mol. The summed E-state index contributed by atoms with van der Waals surface area (Å²) in [6.07, 6.45) is 1.36. The zero-order valence-electron chi connectivity index (χ0n) is 8.89. The lowest BCUT2D eigenvalue weighted by Gasteiger charge is -2.05. The highest BCUT2D eigenvalue weighted by Gasteiger charge is 2.13. The van der Waals surface area contributed by atoms with Crippen LogP contribution in [0.15, 0.2) is 30.5 Å². The molecule has 2 aromatic rings. The smallest absolute Gasteiger partial charge is 0.259 e. The van der Waals surface area contributed by atoms with Crippen molar-refractivity contribution in [2.75, 3.05) is 5.32 Å². The Hall–Kier alpha value is -2.21. The SMILES string of the molecule is O=C(Nc1ccnc(Cl)n1)c1ccc(O)cc1F. The molecule has 5 nitrogen and oxygen atoms in total. The van der Waals surface area contributed by atoms with Crippen LogP contribution in [0.2, 0.25) is 5.28 Å². The predicted molar refractivity (Wildman–Crippen MR) is 63.1 cm³/mol. The van der Waals surface area contributed by atoms with E-state index >= 15 is 0 Å². The predicted octanol–water partition coefficient (Wildman–Crippen LogP) is 2.23. The summed E-state index contributed by atoms with van der Waals surface area (Å²) in [6, 6.07) is 4.65. The van der Waals surface area contributed by atoms with Crippen molar-refractivity contribution in [3.05, 3.63) is 47.1 Å².